The van der Waals surface area contributed by atoms with Crippen molar-refractivity contribution in [2.45, 2.75) is 13.8 Å². The number of aryl methyl sites for hydroxylation is 1. The Hall–Kier alpha value is -2.10. The van der Waals surface area contributed by atoms with E-state index in [1.54, 1.807) is 6.92 Å². The van der Waals surface area contributed by atoms with E-state index in [0.717, 1.165) is 32.0 Å². The standard InChI is InChI=1S/C16H19N3O/c1-12-3-4-14-5-6-17-16(15(14)11-12)19-9-7-18(8-10-19)13(2)20/h3-6,11H,7-10H2,1-2H3. The molecule has 3 rings (SSSR count). The van der Waals surface area contributed by atoms with Crippen molar-refractivity contribution in [2.75, 3.05) is 31.1 Å². The van der Waals surface area contributed by atoms with Crippen LogP contribution < -0.4 is 4.90 Å². The van der Waals surface area contributed by atoms with Gasteiger partial charge in [0.2, 0.25) is 5.91 Å². The van der Waals surface area contributed by atoms with Crippen LogP contribution in [0.2, 0.25) is 0 Å². The third kappa shape index (κ3) is 2.33. The van der Waals surface area contributed by atoms with Crippen LogP contribution in [0.25, 0.3) is 10.8 Å². The third-order valence-corrected chi connectivity index (χ3v) is 3.93. The first kappa shape index (κ1) is 12.9. The molecule has 1 aliphatic heterocycles. The minimum absolute atomic E-state index is 0.159. The number of carbonyl (C=O) groups excluding carboxylic acids is 1. The monoisotopic (exact) mass is 269 g/mol. The summed E-state index contributed by atoms with van der Waals surface area (Å²) in [5.74, 6) is 1.20. The minimum atomic E-state index is 0.159. The maximum atomic E-state index is 11.4. The number of fused-ring (bicyclic) bond motifs is 1. The van der Waals surface area contributed by atoms with Crippen LogP contribution in [0.5, 0.6) is 0 Å². The van der Waals surface area contributed by atoms with E-state index in [2.05, 4.69) is 35.0 Å². The summed E-state index contributed by atoms with van der Waals surface area (Å²) in [6.07, 6.45) is 1.87. The zero-order chi connectivity index (χ0) is 14.1. The van der Waals surface area contributed by atoms with Crippen molar-refractivity contribution in [1.82, 2.24) is 9.88 Å². The van der Waals surface area contributed by atoms with Gasteiger partial charge < -0.3 is 9.80 Å². The van der Waals surface area contributed by atoms with Gasteiger partial charge in [-0.05, 0) is 24.4 Å². The third-order valence-electron chi connectivity index (χ3n) is 3.93. The number of amides is 1. The van der Waals surface area contributed by atoms with Crippen molar-refractivity contribution in [3.63, 3.8) is 0 Å². The first-order valence-electron chi connectivity index (χ1n) is 7.01. The van der Waals surface area contributed by atoms with Gasteiger partial charge in [-0.1, -0.05) is 17.7 Å². The van der Waals surface area contributed by atoms with Crippen molar-refractivity contribution in [2.24, 2.45) is 0 Å². The second-order valence-corrected chi connectivity index (χ2v) is 5.35. The molecule has 20 heavy (non-hydrogen) atoms. The second-order valence-electron chi connectivity index (χ2n) is 5.35. The van der Waals surface area contributed by atoms with Crippen LogP contribution in [0.4, 0.5) is 5.82 Å². The van der Waals surface area contributed by atoms with E-state index in [0.29, 0.717) is 0 Å². The van der Waals surface area contributed by atoms with Crippen LogP contribution in [-0.2, 0) is 4.79 Å². The molecule has 1 amide bonds. The lowest BCUT2D eigenvalue weighted by atomic mass is 10.1. The van der Waals surface area contributed by atoms with E-state index >= 15 is 0 Å². The van der Waals surface area contributed by atoms with Gasteiger partial charge in [0.15, 0.2) is 0 Å². The maximum absolute atomic E-state index is 11.4. The molecule has 0 aliphatic carbocycles. The Morgan fingerprint density at radius 2 is 1.90 bits per heavy atom. The van der Waals surface area contributed by atoms with Crippen LogP contribution in [-0.4, -0.2) is 42.0 Å². The Morgan fingerprint density at radius 3 is 2.60 bits per heavy atom. The number of rotatable bonds is 1. The highest BCUT2D eigenvalue weighted by molar-refractivity contribution is 5.92. The molecule has 4 heteroatoms. The quantitative estimate of drug-likeness (QED) is 0.796. The van der Waals surface area contributed by atoms with Crippen molar-refractivity contribution in [1.29, 1.82) is 0 Å². The fourth-order valence-corrected chi connectivity index (χ4v) is 2.75. The number of anilines is 1. The van der Waals surface area contributed by atoms with E-state index in [1.807, 2.05) is 17.2 Å². The molecular formula is C16H19N3O. The first-order chi connectivity index (χ1) is 9.65. The molecule has 0 bridgehead atoms. The Bertz CT molecular complexity index is 645. The average Bonchev–Trinajstić information content (AvgIpc) is 2.46. The lowest BCUT2D eigenvalue weighted by molar-refractivity contribution is -0.129. The molecule has 0 radical (unpaired) electrons. The molecule has 1 aromatic heterocycles. The molecule has 2 heterocycles. The normalized spacial score (nSPS) is 15.7. The molecule has 1 aromatic carbocycles. The van der Waals surface area contributed by atoms with Gasteiger partial charge in [-0.15, -0.1) is 0 Å². The van der Waals surface area contributed by atoms with E-state index in [4.69, 9.17) is 0 Å². The zero-order valence-electron chi connectivity index (χ0n) is 12.0. The lowest BCUT2D eigenvalue weighted by Gasteiger charge is -2.35. The predicted octanol–water partition coefficient (Wildman–Crippen LogP) is 2.21. The Labute approximate surface area is 119 Å². The number of carbonyl (C=O) groups is 1. The molecular weight excluding hydrogens is 250 g/mol. The van der Waals surface area contributed by atoms with Crippen molar-refractivity contribution >= 4 is 22.5 Å². The van der Waals surface area contributed by atoms with Crippen LogP contribution in [0.15, 0.2) is 30.5 Å². The number of aromatic nitrogens is 1. The van der Waals surface area contributed by atoms with Gasteiger partial charge in [0.1, 0.15) is 5.82 Å². The first-order valence-corrected chi connectivity index (χ1v) is 7.01. The summed E-state index contributed by atoms with van der Waals surface area (Å²) >= 11 is 0. The number of nitrogens with zero attached hydrogens (tertiary/aromatic N) is 3. The van der Waals surface area contributed by atoms with Crippen LogP contribution >= 0.6 is 0 Å². The highest BCUT2D eigenvalue weighted by Gasteiger charge is 2.20. The molecule has 1 fully saturated rings. The fourth-order valence-electron chi connectivity index (χ4n) is 2.75. The molecule has 0 saturated carbocycles. The summed E-state index contributed by atoms with van der Waals surface area (Å²) in [4.78, 5) is 20.1. The topological polar surface area (TPSA) is 36.4 Å². The molecule has 0 atom stereocenters. The summed E-state index contributed by atoms with van der Waals surface area (Å²) in [7, 11) is 0. The molecule has 104 valence electrons. The van der Waals surface area contributed by atoms with Crippen LogP contribution in [0.1, 0.15) is 12.5 Å². The number of hydrogen-bond acceptors (Lipinski definition) is 3. The second kappa shape index (κ2) is 5.12. The van der Waals surface area contributed by atoms with Crippen LogP contribution in [0.3, 0.4) is 0 Å². The van der Waals surface area contributed by atoms with E-state index in [-0.39, 0.29) is 5.91 Å². The van der Waals surface area contributed by atoms with Crippen molar-refractivity contribution in [3.05, 3.63) is 36.0 Å². The lowest BCUT2D eigenvalue weighted by Crippen LogP contribution is -2.48. The average molecular weight is 269 g/mol. The fraction of sp³-hybridized carbons (Fsp3) is 0.375. The van der Waals surface area contributed by atoms with Gasteiger partial charge in [0.05, 0.1) is 0 Å². The predicted molar refractivity (Wildman–Crippen MR) is 80.9 cm³/mol. The number of piperazine rings is 1. The highest BCUT2D eigenvalue weighted by atomic mass is 16.2. The van der Waals surface area contributed by atoms with Crippen LogP contribution in [0, 0.1) is 6.92 Å². The molecule has 2 aromatic rings. The van der Waals surface area contributed by atoms with E-state index in [1.165, 1.54) is 16.3 Å². The summed E-state index contributed by atoms with van der Waals surface area (Å²) in [6, 6.07) is 8.50. The van der Waals surface area contributed by atoms with Gasteiger partial charge in [-0.2, -0.15) is 0 Å². The molecule has 0 spiro atoms. The summed E-state index contributed by atoms with van der Waals surface area (Å²) in [6.45, 7) is 6.98. The van der Waals surface area contributed by atoms with Gasteiger partial charge in [-0.25, -0.2) is 4.98 Å². The zero-order valence-corrected chi connectivity index (χ0v) is 12.0. The number of hydrogen-bond donors (Lipinski definition) is 0. The van der Waals surface area contributed by atoms with Gasteiger partial charge >= 0.3 is 0 Å². The van der Waals surface area contributed by atoms with Gasteiger partial charge in [0, 0.05) is 44.7 Å². The van der Waals surface area contributed by atoms with E-state index < -0.39 is 0 Å². The van der Waals surface area contributed by atoms with Gasteiger partial charge in [0.25, 0.3) is 0 Å². The molecule has 1 saturated heterocycles. The Kier molecular flexibility index (Phi) is 3.30. The summed E-state index contributed by atoms with van der Waals surface area (Å²) < 4.78 is 0. The SMILES string of the molecule is CC(=O)N1CCN(c2nccc3ccc(C)cc23)CC1. The Morgan fingerprint density at radius 1 is 1.15 bits per heavy atom. The van der Waals surface area contributed by atoms with E-state index in [9.17, 15) is 4.79 Å². The minimum Gasteiger partial charge on any atom is -0.353 e. The summed E-state index contributed by atoms with van der Waals surface area (Å²) in [5, 5.41) is 2.42. The number of benzene rings is 1. The van der Waals surface area contributed by atoms with Gasteiger partial charge in [-0.3, -0.25) is 4.79 Å². The maximum Gasteiger partial charge on any atom is 0.219 e. The number of pyridine rings is 1. The Balaban J connectivity index is 1.91. The van der Waals surface area contributed by atoms with Crippen molar-refractivity contribution < 1.29 is 4.79 Å². The summed E-state index contributed by atoms with van der Waals surface area (Å²) in [5.41, 5.74) is 1.24. The van der Waals surface area contributed by atoms with Crippen molar-refractivity contribution in [3.8, 4) is 0 Å². The molecule has 0 N–H and O–H groups in total. The molecule has 1 aliphatic rings. The molecule has 0 unspecified atom stereocenters. The molecule has 4 nitrogen and oxygen atoms in total. The highest BCUT2D eigenvalue weighted by Crippen LogP contribution is 2.26. The smallest absolute Gasteiger partial charge is 0.219 e. The largest absolute Gasteiger partial charge is 0.353 e.